The summed E-state index contributed by atoms with van der Waals surface area (Å²) >= 11 is 8.36. The number of amides is 4. The van der Waals surface area contributed by atoms with Gasteiger partial charge in [-0.15, -0.1) is 0 Å². The molecule has 0 radical (unpaired) electrons. The number of rotatable bonds is 12. The van der Waals surface area contributed by atoms with E-state index in [1.165, 1.54) is 30.1 Å². The maximum absolute atomic E-state index is 13.8. The number of carboxylic acid groups (broad SMARTS) is 1. The molecule has 3 aromatic heterocycles. The Morgan fingerprint density at radius 1 is 0.985 bits per heavy atom. The Balaban J connectivity index is 1.06. The Morgan fingerprint density at radius 3 is 2.45 bits per heavy atom. The Kier molecular flexibility index (Phi) is 15.2. The SMILES string of the molecule is CC(NC(=O)C(NC(=O)O)C(C)C)C(=O)NCc1ccccc1C(=O)Nc1nc2c(ncn2[C@@H]2OC3CO[P@@](=O)(S)O[C@H]4C[C@H](Oc5ccncn5)C[C@@H]4CO[P@@](=O)(S)O[C@@H]2[C@@H]3O)c(=O)[nH]1. The van der Waals surface area contributed by atoms with E-state index in [2.05, 4.69) is 70.7 Å². The molecule has 5 heterocycles. The highest BCUT2D eigenvalue weighted by atomic mass is 32.7. The van der Waals surface area contributed by atoms with Crippen LogP contribution >= 0.6 is 38.1 Å². The molecule has 11 atom stereocenters. The standard InChI is InChI=1S/C37H46N10O15P2S2/c1-17(2)26(43-37(53)54)33(51)42-18(3)31(49)39-12-19-6-4-5-7-22(19)32(50)45-36-44-30-27(34(52)46-36)41-16-47(30)35-29-28(48)24(60-35)14-58-63(55,65)61-23-11-21(59-25-8-9-38-15-40-25)10-20(23)13-57-64(56,66)62-29/h4-9,15-18,20-21,23-24,26,28-29,35,43,48H,10-14H2,1-3H3,(H,39,49)(H,42,51)(H,53,54)(H,55,65)(H,56,66)(H2,44,45,46,50,52)/t18?,20-,21-,23+,24?,26?,28-,29-,35-,63-,64-/m1/s1. The smallest absolute Gasteiger partial charge is 0.405 e. The van der Waals surface area contributed by atoms with Gasteiger partial charge in [-0.25, -0.2) is 28.9 Å². The molecule has 2 bridgehead atoms. The van der Waals surface area contributed by atoms with Crippen LogP contribution in [0.25, 0.3) is 11.2 Å². The molecule has 4 aromatic rings. The molecule has 25 nitrogen and oxygen atoms in total. The topological polar surface area (TPSA) is 336 Å². The highest BCUT2D eigenvalue weighted by Crippen LogP contribution is 2.60. The fraction of sp³-hybridized carbons (Fsp3) is 0.486. The van der Waals surface area contributed by atoms with Gasteiger partial charge in [0.1, 0.15) is 42.8 Å². The number of aromatic amines is 1. The van der Waals surface area contributed by atoms with Gasteiger partial charge in [-0.05, 0) is 30.9 Å². The number of aliphatic hydroxyl groups is 1. The molecule has 7 N–H and O–H groups in total. The molecule has 66 heavy (non-hydrogen) atoms. The van der Waals surface area contributed by atoms with E-state index in [1.807, 2.05) is 0 Å². The molecule has 29 heteroatoms. The zero-order valence-corrected chi connectivity index (χ0v) is 38.7. The number of H-pyrrole nitrogens is 1. The minimum atomic E-state index is -4.35. The van der Waals surface area contributed by atoms with Crippen LogP contribution in [-0.2, 0) is 48.1 Å². The number of hydrogen-bond donors (Lipinski definition) is 9. The minimum absolute atomic E-state index is 0.0655. The van der Waals surface area contributed by atoms with Gasteiger partial charge in [-0.1, -0.05) is 56.5 Å². The third-order valence-corrected chi connectivity index (χ3v) is 14.0. The van der Waals surface area contributed by atoms with Crippen LogP contribution < -0.4 is 31.6 Å². The van der Waals surface area contributed by atoms with Crippen LogP contribution in [0.2, 0.25) is 0 Å². The molecule has 3 unspecified atom stereocenters. The quantitative estimate of drug-likeness (QED) is 0.0727. The van der Waals surface area contributed by atoms with Crippen molar-refractivity contribution in [3.05, 3.63) is 70.7 Å². The number of ether oxygens (including phenoxy) is 2. The highest BCUT2D eigenvalue weighted by Gasteiger charge is 2.51. The second-order valence-electron chi connectivity index (χ2n) is 15.8. The fourth-order valence-electron chi connectivity index (χ4n) is 7.51. The maximum atomic E-state index is 13.8. The van der Waals surface area contributed by atoms with E-state index >= 15 is 0 Å². The molecule has 2 aliphatic heterocycles. The number of carbonyl (C=O) groups is 4. The molecule has 3 fully saturated rings. The fourth-order valence-corrected chi connectivity index (χ4v) is 10.6. The summed E-state index contributed by atoms with van der Waals surface area (Å²) in [5.41, 5.74) is -0.815. The number of anilines is 1. The lowest BCUT2D eigenvalue weighted by atomic mass is 10.0. The second-order valence-corrected chi connectivity index (χ2v) is 21.5. The Bertz CT molecular complexity index is 2610. The normalized spacial score (nSPS) is 28.7. The summed E-state index contributed by atoms with van der Waals surface area (Å²) in [4.78, 5) is 82.8. The summed E-state index contributed by atoms with van der Waals surface area (Å²) in [6.07, 6.45) is -4.20. The number of imidazole rings is 1. The number of thiol groups is 2. The lowest BCUT2D eigenvalue weighted by molar-refractivity contribution is -0.130. The van der Waals surface area contributed by atoms with Crippen molar-refractivity contribution >= 4 is 79.0 Å². The van der Waals surface area contributed by atoms with Gasteiger partial charge in [0.2, 0.25) is 23.6 Å². The van der Waals surface area contributed by atoms with Crippen LogP contribution in [0.5, 0.6) is 5.88 Å². The summed E-state index contributed by atoms with van der Waals surface area (Å²) in [5.74, 6) is -3.13. The molecule has 0 spiro atoms. The van der Waals surface area contributed by atoms with Crippen molar-refractivity contribution in [2.24, 2.45) is 11.8 Å². The molecule has 356 valence electrons. The average molecular weight is 997 g/mol. The van der Waals surface area contributed by atoms with Gasteiger partial charge in [-0.2, -0.15) is 4.98 Å². The van der Waals surface area contributed by atoms with Crippen molar-refractivity contribution in [1.82, 2.24) is 45.4 Å². The maximum Gasteiger partial charge on any atom is 0.405 e. The monoisotopic (exact) mass is 996 g/mol. The van der Waals surface area contributed by atoms with E-state index in [1.54, 1.807) is 38.1 Å². The van der Waals surface area contributed by atoms with Crippen molar-refractivity contribution < 1.29 is 66.1 Å². The van der Waals surface area contributed by atoms with Gasteiger partial charge in [0.05, 0.1) is 25.6 Å². The Morgan fingerprint density at radius 2 is 1.73 bits per heavy atom. The van der Waals surface area contributed by atoms with E-state index in [4.69, 9.17) is 32.7 Å². The van der Waals surface area contributed by atoms with E-state index in [0.29, 0.717) is 11.4 Å². The van der Waals surface area contributed by atoms with Crippen molar-refractivity contribution in [2.45, 2.75) is 89.0 Å². The van der Waals surface area contributed by atoms with E-state index in [-0.39, 0.29) is 48.7 Å². The number of benzene rings is 1. The third kappa shape index (κ3) is 11.8. The first-order chi connectivity index (χ1) is 31.3. The lowest BCUT2D eigenvalue weighted by Crippen LogP contribution is -2.54. The molecule has 1 aliphatic carbocycles. The summed E-state index contributed by atoms with van der Waals surface area (Å²) in [6.45, 7) is -4.85. The third-order valence-electron chi connectivity index (χ3n) is 10.8. The summed E-state index contributed by atoms with van der Waals surface area (Å²) in [6, 6.07) is 5.57. The molecule has 7 rings (SSSR count). The predicted molar refractivity (Wildman–Crippen MR) is 236 cm³/mol. The molecule has 3 aliphatic rings. The van der Waals surface area contributed by atoms with Gasteiger partial charge in [0.25, 0.3) is 11.5 Å². The molecule has 1 aromatic carbocycles. The zero-order chi connectivity index (χ0) is 47.5. The summed E-state index contributed by atoms with van der Waals surface area (Å²) in [7, 11) is 0. The first kappa shape index (κ1) is 49.0. The van der Waals surface area contributed by atoms with Crippen LogP contribution in [0.4, 0.5) is 10.7 Å². The van der Waals surface area contributed by atoms with Gasteiger partial charge in [0.15, 0.2) is 17.4 Å². The van der Waals surface area contributed by atoms with Crippen molar-refractivity contribution in [3.63, 3.8) is 0 Å². The first-order valence-electron chi connectivity index (χ1n) is 20.3. The number of nitrogens with one attached hydrogen (secondary N) is 5. The number of aromatic nitrogens is 6. The predicted octanol–water partition coefficient (Wildman–Crippen LogP) is 2.58. The van der Waals surface area contributed by atoms with E-state index in [9.17, 15) is 38.2 Å². The second kappa shape index (κ2) is 20.5. The van der Waals surface area contributed by atoms with Crippen molar-refractivity contribution in [2.75, 3.05) is 18.5 Å². The van der Waals surface area contributed by atoms with E-state index in [0.717, 1.165) is 6.33 Å². The lowest BCUT2D eigenvalue weighted by Gasteiger charge is -2.26. The van der Waals surface area contributed by atoms with Crippen molar-refractivity contribution in [1.29, 1.82) is 0 Å². The first-order valence-corrected chi connectivity index (χ1v) is 25.7. The molecule has 4 amide bonds. The minimum Gasteiger partial charge on any atom is -0.474 e. The van der Waals surface area contributed by atoms with Crippen LogP contribution in [-0.4, -0.2) is 119 Å². The van der Waals surface area contributed by atoms with Gasteiger partial charge in [-0.3, -0.25) is 47.6 Å². The van der Waals surface area contributed by atoms with Crippen LogP contribution in [0.3, 0.4) is 0 Å². The van der Waals surface area contributed by atoms with Crippen LogP contribution in [0.15, 0.2) is 54.0 Å². The van der Waals surface area contributed by atoms with Crippen LogP contribution in [0, 0.1) is 11.8 Å². The number of hydrogen-bond acceptors (Lipinski definition) is 18. The zero-order valence-electron chi connectivity index (χ0n) is 35.2. The number of carbonyl (C=O) groups excluding carboxylic acids is 3. The van der Waals surface area contributed by atoms with Crippen LogP contribution in [0.1, 0.15) is 55.8 Å². The highest BCUT2D eigenvalue weighted by molar-refractivity contribution is 8.44. The largest absolute Gasteiger partial charge is 0.474 e. The van der Waals surface area contributed by atoms with Gasteiger partial charge in [0, 0.05) is 36.7 Å². The summed E-state index contributed by atoms with van der Waals surface area (Å²) < 4.78 is 63.7. The molecule has 1 saturated carbocycles. The molecule has 2 saturated heterocycles. The number of aliphatic hydroxyl groups excluding tert-OH is 1. The number of fused-ring (bicyclic) bond motifs is 4. The van der Waals surface area contributed by atoms with Gasteiger partial charge < -0.3 is 40.2 Å². The van der Waals surface area contributed by atoms with Gasteiger partial charge >= 0.3 is 19.7 Å². The molecular formula is C37H46N10O15P2S2. The Hall–Kier alpha value is -4.95. The number of nitrogens with zero attached hydrogens (tertiary/aromatic N) is 5. The average Bonchev–Trinajstić information content (AvgIpc) is 3.94. The summed E-state index contributed by atoms with van der Waals surface area (Å²) in [5, 5.41) is 30.3. The molecular weight excluding hydrogens is 951 g/mol. The van der Waals surface area contributed by atoms with Crippen molar-refractivity contribution in [3.8, 4) is 5.88 Å². The van der Waals surface area contributed by atoms with E-state index < -0.39 is 110 Å². The Labute approximate surface area is 385 Å².